The van der Waals surface area contributed by atoms with E-state index in [1.807, 2.05) is 24.3 Å². The number of hydrogen-bond donors (Lipinski definition) is 2. The first-order valence-electron chi connectivity index (χ1n) is 7.81. The maximum absolute atomic E-state index is 12.2. The lowest BCUT2D eigenvalue weighted by atomic mass is 10.1. The van der Waals surface area contributed by atoms with Crippen LogP contribution < -0.4 is 15.4 Å². The van der Waals surface area contributed by atoms with Crippen LogP contribution in [0.4, 0.5) is 11.4 Å². The normalized spacial score (nSPS) is 9.76. The standard InChI is InChI=1S/C19H19N3O3/c1-25-17-9-5-2-6-14(17)10-11-18(23)21-15-7-3-4-8-16(15)22-19(24)12-13-20/h2-9H,10-12H2,1H3,(H,21,23)(H,22,24). The SMILES string of the molecule is COc1ccccc1CCC(=O)Nc1ccccc1NC(=O)CC#N. The van der Waals surface area contributed by atoms with Gasteiger partial charge in [0.05, 0.1) is 24.6 Å². The van der Waals surface area contributed by atoms with Crippen LogP contribution in [0.25, 0.3) is 0 Å². The van der Waals surface area contributed by atoms with Gasteiger partial charge in [0.2, 0.25) is 11.8 Å². The first-order valence-corrected chi connectivity index (χ1v) is 7.81. The van der Waals surface area contributed by atoms with E-state index in [4.69, 9.17) is 10.00 Å². The van der Waals surface area contributed by atoms with E-state index in [-0.39, 0.29) is 18.7 Å². The van der Waals surface area contributed by atoms with E-state index >= 15 is 0 Å². The van der Waals surface area contributed by atoms with Gasteiger partial charge in [-0.3, -0.25) is 9.59 Å². The molecule has 2 aromatic rings. The van der Waals surface area contributed by atoms with E-state index in [2.05, 4.69) is 10.6 Å². The topological polar surface area (TPSA) is 91.2 Å². The number of aryl methyl sites for hydroxylation is 1. The smallest absolute Gasteiger partial charge is 0.238 e. The molecule has 0 saturated carbocycles. The molecule has 2 aromatic carbocycles. The van der Waals surface area contributed by atoms with Crippen LogP contribution >= 0.6 is 0 Å². The zero-order valence-electron chi connectivity index (χ0n) is 13.9. The third kappa shape index (κ3) is 5.36. The van der Waals surface area contributed by atoms with Gasteiger partial charge in [-0.05, 0) is 30.2 Å². The zero-order chi connectivity index (χ0) is 18.1. The fraction of sp³-hybridized carbons (Fsp3) is 0.211. The van der Waals surface area contributed by atoms with Crippen LogP contribution in [0, 0.1) is 11.3 Å². The van der Waals surface area contributed by atoms with Gasteiger partial charge < -0.3 is 15.4 Å². The van der Waals surface area contributed by atoms with Crippen molar-refractivity contribution in [2.24, 2.45) is 0 Å². The number of methoxy groups -OCH3 is 1. The molecule has 0 spiro atoms. The number of carbonyl (C=O) groups excluding carboxylic acids is 2. The molecule has 2 rings (SSSR count). The molecular formula is C19H19N3O3. The Labute approximate surface area is 146 Å². The highest BCUT2D eigenvalue weighted by Crippen LogP contribution is 2.22. The number of carbonyl (C=O) groups is 2. The molecule has 0 radical (unpaired) electrons. The number of amides is 2. The molecule has 0 aliphatic rings. The molecule has 6 nitrogen and oxygen atoms in total. The molecule has 0 aliphatic heterocycles. The fourth-order valence-corrected chi connectivity index (χ4v) is 2.34. The van der Waals surface area contributed by atoms with Crippen molar-refractivity contribution in [3.05, 3.63) is 54.1 Å². The third-order valence-electron chi connectivity index (χ3n) is 3.53. The second kappa shape index (κ2) is 9.08. The number of ether oxygens (including phenoxy) is 1. The Balaban J connectivity index is 1.99. The minimum Gasteiger partial charge on any atom is -0.496 e. The summed E-state index contributed by atoms with van der Waals surface area (Å²) in [6.45, 7) is 0. The Kier molecular flexibility index (Phi) is 6.55. The summed E-state index contributed by atoms with van der Waals surface area (Å²) in [6, 6.07) is 16.2. The summed E-state index contributed by atoms with van der Waals surface area (Å²) in [4.78, 5) is 23.8. The molecule has 0 aliphatic carbocycles. The van der Waals surface area contributed by atoms with Gasteiger partial charge in [0.1, 0.15) is 12.2 Å². The van der Waals surface area contributed by atoms with Crippen molar-refractivity contribution in [1.29, 1.82) is 5.26 Å². The number of anilines is 2. The molecular weight excluding hydrogens is 318 g/mol. The summed E-state index contributed by atoms with van der Waals surface area (Å²) in [5.41, 5.74) is 1.92. The van der Waals surface area contributed by atoms with Crippen LogP contribution in [0.5, 0.6) is 5.75 Å². The van der Waals surface area contributed by atoms with Crippen molar-refractivity contribution in [2.75, 3.05) is 17.7 Å². The maximum Gasteiger partial charge on any atom is 0.238 e. The van der Waals surface area contributed by atoms with Crippen LogP contribution in [0.15, 0.2) is 48.5 Å². The van der Waals surface area contributed by atoms with Crippen molar-refractivity contribution in [3.8, 4) is 11.8 Å². The highest BCUT2D eigenvalue weighted by atomic mass is 16.5. The van der Waals surface area contributed by atoms with E-state index in [1.54, 1.807) is 37.4 Å². The van der Waals surface area contributed by atoms with Crippen LogP contribution in [-0.2, 0) is 16.0 Å². The largest absolute Gasteiger partial charge is 0.496 e. The fourth-order valence-electron chi connectivity index (χ4n) is 2.34. The lowest BCUT2D eigenvalue weighted by Gasteiger charge is -2.12. The number of para-hydroxylation sites is 3. The minimum atomic E-state index is -0.418. The number of rotatable bonds is 7. The van der Waals surface area contributed by atoms with Crippen molar-refractivity contribution in [1.82, 2.24) is 0 Å². The van der Waals surface area contributed by atoms with Crippen molar-refractivity contribution in [3.63, 3.8) is 0 Å². The van der Waals surface area contributed by atoms with Gasteiger partial charge in [0.25, 0.3) is 0 Å². The molecule has 128 valence electrons. The Morgan fingerprint density at radius 2 is 1.60 bits per heavy atom. The van der Waals surface area contributed by atoms with E-state index in [0.717, 1.165) is 11.3 Å². The predicted octanol–water partition coefficient (Wildman–Crippen LogP) is 3.12. The molecule has 25 heavy (non-hydrogen) atoms. The number of nitrogens with one attached hydrogen (secondary N) is 2. The summed E-state index contributed by atoms with van der Waals surface area (Å²) in [5.74, 6) is 0.158. The van der Waals surface area contributed by atoms with Crippen LogP contribution in [0.2, 0.25) is 0 Å². The Bertz CT molecular complexity index is 796. The molecule has 0 aromatic heterocycles. The molecule has 2 amide bonds. The molecule has 0 heterocycles. The quantitative estimate of drug-likeness (QED) is 0.812. The van der Waals surface area contributed by atoms with Crippen molar-refractivity contribution >= 4 is 23.2 Å². The van der Waals surface area contributed by atoms with Crippen LogP contribution in [-0.4, -0.2) is 18.9 Å². The van der Waals surface area contributed by atoms with Gasteiger partial charge in [0.15, 0.2) is 0 Å². The lowest BCUT2D eigenvalue weighted by molar-refractivity contribution is -0.116. The Hall–Kier alpha value is -3.33. The number of hydrogen-bond acceptors (Lipinski definition) is 4. The van der Waals surface area contributed by atoms with E-state index in [1.165, 1.54) is 0 Å². The zero-order valence-corrected chi connectivity index (χ0v) is 13.9. The number of nitrogens with zero attached hydrogens (tertiary/aromatic N) is 1. The van der Waals surface area contributed by atoms with Gasteiger partial charge in [-0.25, -0.2) is 0 Å². The maximum atomic E-state index is 12.2. The average molecular weight is 337 g/mol. The Morgan fingerprint density at radius 1 is 1.00 bits per heavy atom. The van der Waals surface area contributed by atoms with Gasteiger partial charge in [-0.15, -0.1) is 0 Å². The van der Waals surface area contributed by atoms with E-state index in [0.29, 0.717) is 17.8 Å². The molecule has 0 bridgehead atoms. The first kappa shape index (κ1) is 18.0. The van der Waals surface area contributed by atoms with Gasteiger partial charge in [-0.2, -0.15) is 5.26 Å². The van der Waals surface area contributed by atoms with Crippen molar-refractivity contribution < 1.29 is 14.3 Å². The molecule has 0 fully saturated rings. The molecule has 0 saturated heterocycles. The predicted molar refractivity (Wildman–Crippen MR) is 95.2 cm³/mol. The summed E-state index contributed by atoms with van der Waals surface area (Å²) in [7, 11) is 1.60. The van der Waals surface area contributed by atoms with E-state index in [9.17, 15) is 9.59 Å². The summed E-state index contributed by atoms with van der Waals surface area (Å²) in [6.07, 6.45) is 0.579. The lowest BCUT2D eigenvalue weighted by Crippen LogP contribution is -2.16. The molecule has 2 N–H and O–H groups in total. The molecule has 0 atom stereocenters. The van der Waals surface area contributed by atoms with E-state index < -0.39 is 5.91 Å². The summed E-state index contributed by atoms with van der Waals surface area (Å²) < 4.78 is 5.28. The van der Waals surface area contributed by atoms with Gasteiger partial charge >= 0.3 is 0 Å². The second-order valence-electron chi connectivity index (χ2n) is 5.29. The Morgan fingerprint density at radius 3 is 2.24 bits per heavy atom. The summed E-state index contributed by atoms with van der Waals surface area (Å²) >= 11 is 0. The molecule has 0 unspecified atom stereocenters. The summed E-state index contributed by atoms with van der Waals surface area (Å²) in [5, 5.41) is 14.0. The molecule has 6 heteroatoms. The average Bonchev–Trinajstić information content (AvgIpc) is 2.62. The number of benzene rings is 2. The van der Waals surface area contributed by atoms with Crippen LogP contribution in [0.3, 0.4) is 0 Å². The van der Waals surface area contributed by atoms with Crippen molar-refractivity contribution in [2.45, 2.75) is 19.3 Å². The van der Waals surface area contributed by atoms with Gasteiger partial charge in [0, 0.05) is 6.42 Å². The van der Waals surface area contributed by atoms with Gasteiger partial charge in [-0.1, -0.05) is 30.3 Å². The first-order chi connectivity index (χ1) is 12.1. The highest BCUT2D eigenvalue weighted by Gasteiger charge is 2.10. The third-order valence-corrected chi connectivity index (χ3v) is 3.53. The minimum absolute atomic E-state index is 0.173. The number of nitriles is 1. The highest BCUT2D eigenvalue weighted by molar-refractivity contribution is 6.00. The monoisotopic (exact) mass is 337 g/mol. The van der Waals surface area contributed by atoms with Crippen LogP contribution in [0.1, 0.15) is 18.4 Å². The second-order valence-corrected chi connectivity index (χ2v) is 5.29.